The predicted molar refractivity (Wildman–Crippen MR) is 63.1 cm³/mol. The van der Waals surface area contributed by atoms with E-state index in [1.54, 1.807) is 0 Å². The van der Waals surface area contributed by atoms with E-state index < -0.39 is 6.04 Å². The third kappa shape index (κ3) is 2.32. The predicted octanol–water partition coefficient (Wildman–Crippen LogP) is 0.0550. The van der Waals surface area contributed by atoms with Crippen molar-refractivity contribution in [2.45, 2.75) is 31.3 Å². The highest BCUT2D eigenvalue weighted by atomic mass is 32.2. The van der Waals surface area contributed by atoms with E-state index in [1.807, 2.05) is 6.92 Å². The lowest BCUT2D eigenvalue weighted by molar-refractivity contribution is -0.124. The average molecular weight is 243 g/mol. The summed E-state index contributed by atoms with van der Waals surface area (Å²) in [6, 6.07) is -0.401. The monoisotopic (exact) mass is 243 g/mol. The second-order valence-electron chi connectivity index (χ2n) is 4.68. The van der Waals surface area contributed by atoms with Crippen LogP contribution in [0.25, 0.3) is 0 Å². The van der Waals surface area contributed by atoms with E-state index in [4.69, 9.17) is 5.73 Å². The Morgan fingerprint density at radius 3 is 2.81 bits per heavy atom. The zero-order chi connectivity index (χ0) is 11.8. The molecular weight excluding hydrogens is 226 g/mol. The normalized spacial score (nSPS) is 28.4. The van der Waals surface area contributed by atoms with Gasteiger partial charge in [0.05, 0.1) is 5.54 Å². The van der Waals surface area contributed by atoms with Crippen LogP contribution in [0.15, 0.2) is 0 Å². The molecule has 2 amide bonds. The molecule has 0 aromatic heterocycles. The lowest BCUT2D eigenvalue weighted by Gasteiger charge is -2.30. The number of amides is 2. The Morgan fingerprint density at radius 1 is 1.69 bits per heavy atom. The second kappa shape index (κ2) is 4.25. The summed E-state index contributed by atoms with van der Waals surface area (Å²) < 4.78 is 0. The maximum Gasteiger partial charge on any atom is 0.279 e. The van der Waals surface area contributed by atoms with Crippen molar-refractivity contribution < 1.29 is 9.59 Å². The zero-order valence-electron chi connectivity index (χ0n) is 9.29. The maximum absolute atomic E-state index is 11.9. The fraction of sp³-hybridized carbons (Fsp3) is 0.800. The first kappa shape index (κ1) is 11.7. The van der Waals surface area contributed by atoms with Crippen LogP contribution in [0.2, 0.25) is 0 Å². The molecule has 0 aromatic carbocycles. The summed E-state index contributed by atoms with van der Waals surface area (Å²) in [5.41, 5.74) is 5.40. The summed E-state index contributed by atoms with van der Waals surface area (Å²) in [6.07, 6.45) is 2.25. The highest BCUT2D eigenvalue weighted by Gasteiger charge is 2.43. The molecule has 2 fully saturated rings. The van der Waals surface area contributed by atoms with Crippen LogP contribution in [-0.4, -0.2) is 35.0 Å². The molecule has 2 aliphatic rings. The van der Waals surface area contributed by atoms with Gasteiger partial charge in [0.25, 0.3) is 5.24 Å². The molecule has 16 heavy (non-hydrogen) atoms. The summed E-state index contributed by atoms with van der Waals surface area (Å²) in [5.74, 6) is 0.889. The van der Waals surface area contributed by atoms with Crippen LogP contribution < -0.4 is 16.4 Å². The highest BCUT2D eigenvalue weighted by Crippen LogP contribution is 2.39. The van der Waals surface area contributed by atoms with Gasteiger partial charge < -0.3 is 16.4 Å². The van der Waals surface area contributed by atoms with Crippen LogP contribution in [0.5, 0.6) is 0 Å². The van der Waals surface area contributed by atoms with E-state index in [9.17, 15) is 9.59 Å². The Hall–Kier alpha value is -0.750. The number of carbonyl (C=O) groups is 2. The van der Waals surface area contributed by atoms with Gasteiger partial charge >= 0.3 is 0 Å². The van der Waals surface area contributed by atoms with Gasteiger partial charge in [0.15, 0.2) is 0 Å². The first-order valence-electron chi connectivity index (χ1n) is 5.50. The SMILES string of the molecule is CC(CN)(NC(=O)C1CSC(=O)N1)C1CC1. The van der Waals surface area contributed by atoms with E-state index in [2.05, 4.69) is 10.6 Å². The van der Waals surface area contributed by atoms with Gasteiger partial charge in [-0.3, -0.25) is 9.59 Å². The summed E-state index contributed by atoms with van der Waals surface area (Å²) in [5, 5.41) is 5.48. The van der Waals surface area contributed by atoms with Crippen LogP contribution in [0, 0.1) is 5.92 Å². The minimum absolute atomic E-state index is 0.113. The van der Waals surface area contributed by atoms with Crippen molar-refractivity contribution in [1.29, 1.82) is 0 Å². The van der Waals surface area contributed by atoms with E-state index in [0.717, 1.165) is 24.6 Å². The topological polar surface area (TPSA) is 84.2 Å². The minimum atomic E-state index is -0.401. The van der Waals surface area contributed by atoms with E-state index in [0.29, 0.717) is 18.2 Å². The lowest BCUT2D eigenvalue weighted by Crippen LogP contribution is -2.57. The highest BCUT2D eigenvalue weighted by molar-refractivity contribution is 8.14. The van der Waals surface area contributed by atoms with Crippen LogP contribution in [0.3, 0.4) is 0 Å². The number of carbonyl (C=O) groups excluding carboxylic acids is 2. The molecule has 1 saturated carbocycles. The third-order valence-corrected chi connectivity index (χ3v) is 4.18. The number of rotatable bonds is 4. The summed E-state index contributed by atoms with van der Waals surface area (Å²) in [6.45, 7) is 2.42. The molecule has 0 radical (unpaired) electrons. The molecule has 1 aliphatic heterocycles. The van der Waals surface area contributed by atoms with Crippen molar-refractivity contribution in [3.8, 4) is 0 Å². The standard InChI is InChI=1S/C10H17N3O2S/c1-10(5-11,6-2-3-6)13-8(14)7-4-16-9(15)12-7/h6-7H,2-5,11H2,1H3,(H,12,15)(H,13,14). The van der Waals surface area contributed by atoms with Gasteiger partial charge in [0.2, 0.25) is 5.91 Å². The fourth-order valence-corrected chi connectivity index (χ4v) is 2.71. The van der Waals surface area contributed by atoms with Crippen molar-refractivity contribution in [1.82, 2.24) is 10.6 Å². The van der Waals surface area contributed by atoms with Crippen molar-refractivity contribution >= 4 is 22.9 Å². The number of hydrogen-bond acceptors (Lipinski definition) is 4. The lowest BCUT2D eigenvalue weighted by atomic mass is 9.95. The van der Waals surface area contributed by atoms with Gasteiger partial charge in [0.1, 0.15) is 6.04 Å². The van der Waals surface area contributed by atoms with E-state index >= 15 is 0 Å². The minimum Gasteiger partial charge on any atom is -0.348 e. The Kier molecular flexibility index (Phi) is 3.12. The Bertz CT molecular complexity index is 319. The number of nitrogens with one attached hydrogen (secondary N) is 2. The largest absolute Gasteiger partial charge is 0.348 e. The zero-order valence-corrected chi connectivity index (χ0v) is 10.1. The molecule has 90 valence electrons. The molecular formula is C10H17N3O2S. The summed E-state index contributed by atoms with van der Waals surface area (Å²) in [4.78, 5) is 22.9. The molecule has 6 heteroatoms. The van der Waals surface area contributed by atoms with Gasteiger partial charge in [-0.05, 0) is 25.7 Å². The van der Waals surface area contributed by atoms with Gasteiger partial charge in [-0.1, -0.05) is 11.8 Å². The molecule has 0 spiro atoms. The van der Waals surface area contributed by atoms with Crippen molar-refractivity contribution in [3.05, 3.63) is 0 Å². The number of nitrogens with two attached hydrogens (primary N) is 1. The van der Waals surface area contributed by atoms with Crippen LogP contribution in [0.1, 0.15) is 19.8 Å². The average Bonchev–Trinajstić information content (AvgIpc) is 3.02. The van der Waals surface area contributed by atoms with Crippen molar-refractivity contribution in [2.24, 2.45) is 11.7 Å². The van der Waals surface area contributed by atoms with Crippen LogP contribution in [-0.2, 0) is 4.79 Å². The molecule has 4 N–H and O–H groups in total. The van der Waals surface area contributed by atoms with Crippen LogP contribution >= 0.6 is 11.8 Å². The molecule has 1 heterocycles. The first-order valence-corrected chi connectivity index (χ1v) is 6.49. The Morgan fingerprint density at radius 2 is 2.38 bits per heavy atom. The first-order chi connectivity index (χ1) is 7.55. The summed E-state index contributed by atoms with van der Waals surface area (Å²) in [7, 11) is 0. The smallest absolute Gasteiger partial charge is 0.279 e. The van der Waals surface area contributed by atoms with Crippen LogP contribution in [0.4, 0.5) is 4.79 Å². The van der Waals surface area contributed by atoms with Crippen molar-refractivity contribution in [3.63, 3.8) is 0 Å². The van der Waals surface area contributed by atoms with Crippen molar-refractivity contribution in [2.75, 3.05) is 12.3 Å². The molecule has 0 bridgehead atoms. The number of hydrogen-bond donors (Lipinski definition) is 3. The third-order valence-electron chi connectivity index (χ3n) is 3.30. The second-order valence-corrected chi connectivity index (χ2v) is 5.67. The molecule has 1 saturated heterocycles. The van der Waals surface area contributed by atoms with E-state index in [-0.39, 0.29) is 16.7 Å². The van der Waals surface area contributed by atoms with Gasteiger partial charge in [-0.2, -0.15) is 0 Å². The van der Waals surface area contributed by atoms with Gasteiger partial charge in [-0.15, -0.1) is 0 Å². The maximum atomic E-state index is 11.9. The summed E-state index contributed by atoms with van der Waals surface area (Å²) >= 11 is 1.15. The fourth-order valence-electron chi connectivity index (χ4n) is 1.93. The molecule has 5 nitrogen and oxygen atoms in total. The van der Waals surface area contributed by atoms with E-state index in [1.165, 1.54) is 0 Å². The Labute approximate surface area is 98.9 Å². The molecule has 1 aliphatic carbocycles. The van der Waals surface area contributed by atoms with Gasteiger partial charge in [-0.25, -0.2) is 0 Å². The number of thioether (sulfide) groups is 1. The molecule has 0 aromatic rings. The molecule has 2 unspecified atom stereocenters. The molecule has 2 rings (SSSR count). The Balaban J connectivity index is 1.92. The quantitative estimate of drug-likeness (QED) is 0.651. The molecule has 2 atom stereocenters. The van der Waals surface area contributed by atoms with Gasteiger partial charge in [0, 0.05) is 12.3 Å².